The minimum absolute atomic E-state index is 0.242. The molecule has 0 rings (SSSR count). The lowest BCUT2D eigenvalue weighted by molar-refractivity contribution is -0.147. The molecule has 0 bridgehead atoms. The topological polar surface area (TPSA) is 54.4 Å². The minimum atomic E-state index is -1.44. The smallest absolute Gasteiger partial charge is 0.164 e. The van der Waals surface area contributed by atoms with Crippen LogP contribution < -0.4 is 0 Å². The Balaban J connectivity index is 4.78. The maximum absolute atomic E-state index is 11.4. The van der Waals surface area contributed by atoms with Crippen LogP contribution in [0.5, 0.6) is 0 Å². The van der Waals surface area contributed by atoms with Crippen LogP contribution in [-0.4, -0.2) is 22.8 Å². The molecule has 0 aliphatic rings. The normalized spacial score (nSPS) is 17.5. The first-order valence-electron chi connectivity index (χ1n) is 4.77. The Hall–Kier alpha value is -0.700. The van der Waals surface area contributed by atoms with E-state index in [2.05, 4.69) is 0 Å². The maximum Gasteiger partial charge on any atom is 0.164 e. The zero-order chi connectivity index (χ0) is 10.5. The van der Waals surface area contributed by atoms with Gasteiger partial charge in [-0.1, -0.05) is 20.8 Å². The first kappa shape index (κ1) is 12.3. The van der Waals surface area contributed by atoms with Crippen LogP contribution in [0.25, 0.3) is 0 Å². The van der Waals surface area contributed by atoms with Crippen molar-refractivity contribution < 1.29 is 14.7 Å². The summed E-state index contributed by atoms with van der Waals surface area (Å²) in [4.78, 5) is 22.1. The van der Waals surface area contributed by atoms with Crippen LogP contribution in [0.2, 0.25) is 0 Å². The first-order valence-corrected chi connectivity index (χ1v) is 4.77. The summed E-state index contributed by atoms with van der Waals surface area (Å²) < 4.78 is 0. The summed E-state index contributed by atoms with van der Waals surface area (Å²) in [5, 5.41) is 9.97. The van der Waals surface area contributed by atoms with Gasteiger partial charge in [-0.15, -0.1) is 0 Å². The fourth-order valence-corrected chi connectivity index (χ4v) is 1.52. The molecule has 0 aliphatic carbocycles. The summed E-state index contributed by atoms with van der Waals surface area (Å²) in [6.07, 6.45) is 1.75. The number of hydrogen-bond acceptors (Lipinski definition) is 3. The molecule has 76 valence electrons. The zero-order valence-electron chi connectivity index (χ0n) is 8.54. The maximum atomic E-state index is 11.4. The lowest BCUT2D eigenvalue weighted by Crippen LogP contribution is -2.45. The molecule has 0 fully saturated rings. The average molecular weight is 186 g/mol. The Morgan fingerprint density at radius 2 is 2.00 bits per heavy atom. The van der Waals surface area contributed by atoms with Gasteiger partial charge in [0.1, 0.15) is 11.9 Å². The Morgan fingerprint density at radius 1 is 1.46 bits per heavy atom. The Morgan fingerprint density at radius 3 is 2.23 bits per heavy atom. The van der Waals surface area contributed by atoms with Crippen LogP contribution in [0.15, 0.2) is 0 Å². The van der Waals surface area contributed by atoms with E-state index < -0.39 is 11.5 Å². The summed E-state index contributed by atoms with van der Waals surface area (Å²) in [6.45, 7) is 5.21. The standard InChI is InChI=1S/C10H18O3/c1-4-8(7-11)10(13,6-3)9(12)5-2/h7-8,13H,4-6H2,1-3H3. The molecule has 0 aromatic carbocycles. The third-order valence-electron chi connectivity index (χ3n) is 2.56. The molecule has 0 amide bonds. The average Bonchev–Trinajstić information content (AvgIpc) is 2.17. The van der Waals surface area contributed by atoms with E-state index in [0.717, 1.165) is 0 Å². The molecule has 0 radical (unpaired) electrons. The molecule has 2 atom stereocenters. The summed E-state index contributed by atoms with van der Waals surface area (Å²) in [7, 11) is 0. The van der Waals surface area contributed by atoms with Crippen molar-refractivity contribution in [1.82, 2.24) is 0 Å². The fourth-order valence-electron chi connectivity index (χ4n) is 1.52. The molecule has 0 saturated carbocycles. The van der Waals surface area contributed by atoms with E-state index in [-0.39, 0.29) is 12.2 Å². The molecular formula is C10H18O3. The van der Waals surface area contributed by atoms with Gasteiger partial charge in [0.05, 0.1) is 5.92 Å². The van der Waals surface area contributed by atoms with Crippen molar-refractivity contribution in [2.24, 2.45) is 5.92 Å². The molecule has 0 aromatic heterocycles. The van der Waals surface area contributed by atoms with E-state index >= 15 is 0 Å². The lowest BCUT2D eigenvalue weighted by Gasteiger charge is -2.29. The highest BCUT2D eigenvalue weighted by Gasteiger charge is 2.39. The van der Waals surface area contributed by atoms with Gasteiger partial charge in [-0.3, -0.25) is 4.79 Å². The number of aliphatic hydroxyl groups is 1. The van der Waals surface area contributed by atoms with Gasteiger partial charge in [0.25, 0.3) is 0 Å². The van der Waals surface area contributed by atoms with Gasteiger partial charge in [-0.05, 0) is 12.8 Å². The molecule has 0 spiro atoms. The Bertz CT molecular complexity index is 189. The second kappa shape index (κ2) is 5.12. The molecule has 2 unspecified atom stereocenters. The van der Waals surface area contributed by atoms with Crippen LogP contribution in [0, 0.1) is 5.92 Å². The number of carbonyl (C=O) groups is 2. The summed E-state index contributed by atoms with van der Waals surface area (Å²) >= 11 is 0. The van der Waals surface area contributed by atoms with Crippen molar-refractivity contribution in [2.45, 2.75) is 45.6 Å². The lowest BCUT2D eigenvalue weighted by atomic mass is 9.80. The molecule has 13 heavy (non-hydrogen) atoms. The van der Waals surface area contributed by atoms with Gasteiger partial charge in [-0.25, -0.2) is 0 Å². The summed E-state index contributed by atoms with van der Waals surface area (Å²) in [5.74, 6) is -0.807. The minimum Gasteiger partial charge on any atom is -0.381 e. The van der Waals surface area contributed by atoms with Gasteiger partial charge in [0.2, 0.25) is 0 Å². The quantitative estimate of drug-likeness (QED) is 0.637. The molecule has 0 aliphatic heterocycles. The highest BCUT2D eigenvalue weighted by atomic mass is 16.3. The van der Waals surface area contributed by atoms with Gasteiger partial charge in [-0.2, -0.15) is 0 Å². The monoisotopic (exact) mass is 186 g/mol. The van der Waals surface area contributed by atoms with Crippen molar-refractivity contribution in [3.05, 3.63) is 0 Å². The van der Waals surface area contributed by atoms with Gasteiger partial charge in [0.15, 0.2) is 5.78 Å². The third kappa shape index (κ3) is 2.37. The zero-order valence-corrected chi connectivity index (χ0v) is 8.54. The molecule has 0 heterocycles. The molecule has 0 aromatic rings. The van der Waals surface area contributed by atoms with Crippen LogP contribution >= 0.6 is 0 Å². The van der Waals surface area contributed by atoms with Gasteiger partial charge in [0, 0.05) is 6.42 Å². The van der Waals surface area contributed by atoms with Crippen molar-refractivity contribution in [2.75, 3.05) is 0 Å². The van der Waals surface area contributed by atoms with Crippen LogP contribution in [0.3, 0.4) is 0 Å². The SMILES string of the molecule is CCC(=O)C(O)(CC)C(C=O)CC. The third-order valence-corrected chi connectivity index (χ3v) is 2.56. The summed E-state index contributed by atoms with van der Waals surface area (Å²) in [5.41, 5.74) is -1.44. The molecule has 0 saturated heterocycles. The van der Waals surface area contributed by atoms with Crippen LogP contribution in [0.1, 0.15) is 40.0 Å². The van der Waals surface area contributed by atoms with E-state index in [9.17, 15) is 14.7 Å². The Labute approximate surface area is 79.1 Å². The largest absolute Gasteiger partial charge is 0.381 e. The molecule has 3 nitrogen and oxygen atoms in total. The van der Waals surface area contributed by atoms with Crippen LogP contribution in [-0.2, 0) is 9.59 Å². The van der Waals surface area contributed by atoms with Crippen molar-refractivity contribution >= 4 is 12.1 Å². The second-order valence-corrected chi connectivity index (χ2v) is 3.21. The number of rotatable bonds is 6. The number of hydrogen-bond donors (Lipinski definition) is 1. The van der Waals surface area contributed by atoms with Gasteiger partial charge < -0.3 is 9.90 Å². The molecule has 1 N–H and O–H groups in total. The second-order valence-electron chi connectivity index (χ2n) is 3.21. The van der Waals surface area contributed by atoms with Crippen molar-refractivity contribution in [1.29, 1.82) is 0 Å². The van der Waals surface area contributed by atoms with E-state index in [0.29, 0.717) is 19.1 Å². The van der Waals surface area contributed by atoms with E-state index in [1.165, 1.54) is 0 Å². The number of aldehydes is 1. The van der Waals surface area contributed by atoms with E-state index in [1.807, 2.05) is 0 Å². The predicted molar refractivity (Wildman–Crippen MR) is 50.4 cm³/mol. The van der Waals surface area contributed by atoms with E-state index in [1.54, 1.807) is 20.8 Å². The van der Waals surface area contributed by atoms with Gasteiger partial charge >= 0.3 is 0 Å². The summed E-state index contributed by atoms with van der Waals surface area (Å²) in [6, 6.07) is 0. The van der Waals surface area contributed by atoms with Crippen LogP contribution in [0.4, 0.5) is 0 Å². The molecule has 3 heteroatoms. The number of ketones is 1. The number of Topliss-reactive ketones (excluding diaryl/α,β-unsaturated/α-hetero) is 1. The van der Waals surface area contributed by atoms with Crippen molar-refractivity contribution in [3.63, 3.8) is 0 Å². The fraction of sp³-hybridized carbons (Fsp3) is 0.800. The highest BCUT2D eigenvalue weighted by molar-refractivity contribution is 5.89. The van der Waals surface area contributed by atoms with Crippen molar-refractivity contribution in [3.8, 4) is 0 Å². The highest BCUT2D eigenvalue weighted by Crippen LogP contribution is 2.25. The number of carbonyl (C=O) groups excluding carboxylic acids is 2. The predicted octanol–water partition coefficient (Wildman–Crippen LogP) is 1.33. The Kier molecular flexibility index (Phi) is 4.85. The molecular weight excluding hydrogens is 168 g/mol. The van der Waals surface area contributed by atoms with E-state index in [4.69, 9.17) is 0 Å². The first-order chi connectivity index (χ1) is 6.06.